The number of aromatic amines is 1. The maximum Gasteiger partial charge on any atom is 0.260 e. The van der Waals surface area contributed by atoms with Crippen molar-refractivity contribution < 1.29 is 4.79 Å². The number of hydrogen-bond acceptors (Lipinski definition) is 6. The minimum Gasteiger partial charge on any atom is -0.353 e. The molecule has 28 heavy (non-hydrogen) atoms. The molecule has 0 atom stereocenters. The van der Waals surface area contributed by atoms with Crippen LogP contribution < -0.4 is 10.9 Å². The van der Waals surface area contributed by atoms with Gasteiger partial charge in [0, 0.05) is 21.9 Å². The fourth-order valence-corrected chi connectivity index (χ4v) is 6.07. The minimum atomic E-state index is -0.106. The summed E-state index contributed by atoms with van der Waals surface area (Å²) >= 11 is 4.60. The van der Waals surface area contributed by atoms with E-state index in [0.717, 1.165) is 34.0 Å². The Hall–Kier alpha value is -1.64. The Morgan fingerprint density at radius 2 is 2.14 bits per heavy atom. The van der Waals surface area contributed by atoms with Crippen molar-refractivity contribution in [3.8, 4) is 10.4 Å². The number of nitrogens with zero attached hydrogens (tertiary/aromatic N) is 1. The second-order valence-electron chi connectivity index (χ2n) is 7.34. The van der Waals surface area contributed by atoms with E-state index in [4.69, 9.17) is 0 Å². The smallest absolute Gasteiger partial charge is 0.260 e. The van der Waals surface area contributed by atoms with Crippen LogP contribution in [0.5, 0.6) is 0 Å². The molecule has 4 rings (SSSR count). The van der Waals surface area contributed by atoms with E-state index in [0.29, 0.717) is 28.8 Å². The summed E-state index contributed by atoms with van der Waals surface area (Å²) in [5.74, 6) is 2.38. The Morgan fingerprint density at radius 1 is 1.32 bits per heavy atom. The van der Waals surface area contributed by atoms with Gasteiger partial charge in [0.05, 0.1) is 16.9 Å². The fraction of sp³-hybridized carbons (Fsp3) is 0.450. The summed E-state index contributed by atoms with van der Waals surface area (Å²) in [5.41, 5.74) is 0.843. The number of H-pyrrole nitrogens is 1. The molecule has 0 saturated heterocycles. The average molecular weight is 434 g/mol. The summed E-state index contributed by atoms with van der Waals surface area (Å²) in [5, 5.41) is 7.79. The standard InChI is InChI=1S/C20H23N3O2S3/c1-12-4-6-13(7-5-12)21-17(24)11-26-10-16-22-19(25)18-14(9-28-20(18)23-16)15-3-2-8-27-15/h2-3,8-9,12-13H,4-7,10-11H2,1H3,(H,21,24)(H,22,23,25). The molecule has 1 amide bonds. The number of hydrogen-bond donors (Lipinski definition) is 2. The van der Waals surface area contributed by atoms with Crippen LogP contribution in [-0.4, -0.2) is 27.7 Å². The Morgan fingerprint density at radius 3 is 2.89 bits per heavy atom. The van der Waals surface area contributed by atoms with E-state index in [1.165, 1.54) is 35.9 Å². The van der Waals surface area contributed by atoms with E-state index in [1.807, 2.05) is 22.9 Å². The topological polar surface area (TPSA) is 74.8 Å². The highest BCUT2D eigenvalue weighted by Crippen LogP contribution is 2.33. The van der Waals surface area contributed by atoms with Crippen molar-refractivity contribution in [3.63, 3.8) is 0 Å². The van der Waals surface area contributed by atoms with Crippen molar-refractivity contribution >= 4 is 50.6 Å². The third kappa shape index (κ3) is 4.50. The zero-order chi connectivity index (χ0) is 19.5. The van der Waals surface area contributed by atoms with Crippen molar-refractivity contribution in [2.75, 3.05) is 5.75 Å². The van der Waals surface area contributed by atoms with Gasteiger partial charge in [-0.25, -0.2) is 4.98 Å². The maximum atomic E-state index is 12.6. The number of nitrogens with one attached hydrogen (secondary N) is 2. The normalized spacial score (nSPS) is 19.8. The second kappa shape index (κ2) is 8.80. The van der Waals surface area contributed by atoms with Crippen LogP contribution in [0.25, 0.3) is 20.7 Å². The van der Waals surface area contributed by atoms with Gasteiger partial charge in [-0.15, -0.1) is 34.4 Å². The summed E-state index contributed by atoms with van der Waals surface area (Å²) in [6.45, 7) is 2.27. The van der Waals surface area contributed by atoms with Gasteiger partial charge in [-0.2, -0.15) is 0 Å². The molecule has 0 radical (unpaired) electrons. The molecular formula is C20H23N3O2S3. The summed E-state index contributed by atoms with van der Waals surface area (Å²) < 4.78 is 0. The van der Waals surface area contributed by atoms with Crippen molar-refractivity contribution in [1.29, 1.82) is 0 Å². The number of aromatic nitrogens is 2. The van der Waals surface area contributed by atoms with E-state index < -0.39 is 0 Å². The number of carbonyl (C=O) groups excluding carboxylic acids is 1. The molecule has 1 fully saturated rings. The quantitative estimate of drug-likeness (QED) is 0.594. The van der Waals surface area contributed by atoms with Crippen molar-refractivity contribution in [1.82, 2.24) is 15.3 Å². The zero-order valence-corrected chi connectivity index (χ0v) is 18.1. The molecule has 2 N–H and O–H groups in total. The summed E-state index contributed by atoms with van der Waals surface area (Å²) in [7, 11) is 0. The molecule has 0 aromatic carbocycles. The molecular weight excluding hydrogens is 410 g/mol. The van der Waals surface area contributed by atoms with Gasteiger partial charge in [0.15, 0.2) is 0 Å². The Labute approximate surface area is 176 Å². The first-order valence-electron chi connectivity index (χ1n) is 9.51. The van der Waals surface area contributed by atoms with Gasteiger partial charge in [-0.1, -0.05) is 13.0 Å². The lowest BCUT2D eigenvalue weighted by Crippen LogP contribution is -2.38. The zero-order valence-electron chi connectivity index (χ0n) is 15.7. The number of amides is 1. The molecule has 3 aromatic heterocycles. The van der Waals surface area contributed by atoms with Crippen LogP contribution in [0.15, 0.2) is 27.7 Å². The number of carbonyl (C=O) groups is 1. The fourth-order valence-electron chi connectivity index (χ4n) is 3.59. The van der Waals surface area contributed by atoms with Crippen LogP contribution >= 0.6 is 34.4 Å². The molecule has 148 valence electrons. The summed E-state index contributed by atoms with van der Waals surface area (Å²) in [6, 6.07) is 4.32. The minimum absolute atomic E-state index is 0.0732. The van der Waals surface area contributed by atoms with Gasteiger partial charge in [-0.05, 0) is 43.0 Å². The SMILES string of the molecule is CC1CCC(NC(=O)CSCc2nc3scc(-c4cccs4)c3c(=O)[nH]2)CC1. The van der Waals surface area contributed by atoms with Crippen molar-refractivity contribution in [2.24, 2.45) is 5.92 Å². The molecule has 5 nitrogen and oxygen atoms in total. The third-order valence-electron chi connectivity index (χ3n) is 5.13. The van der Waals surface area contributed by atoms with Crippen LogP contribution in [0, 0.1) is 5.92 Å². The number of fused-ring (bicyclic) bond motifs is 1. The highest BCUT2D eigenvalue weighted by atomic mass is 32.2. The molecule has 0 aliphatic heterocycles. The second-order valence-corrected chi connectivity index (χ2v) is 10.1. The number of thioether (sulfide) groups is 1. The Balaban J connectivity index is 1.35. The monoisotopic (exact) mass is 433 g/mol. The number of rotatable bonds is 6. The molecule has 3 aromatic rings. The molecule has 0 unspecified atom stereocenters. The lowest BCUT2D eigenvalue weighted by atomic mass is 9.87. The Kier molecular flexibility index (Phi) is 6.18. The van der Waals surface area contributed by atoms with Crippen LogP contribution in [0.2, 0.25) is 0 Å². The molecule has 1 aliphatic carbocycles. The van der Waals surface area contributed by atoms with E-state index >= 15 is 0 Å². The van der Waals surface area contributed by atoms with E-state index in [1.54, 1.807) is 11.3 Å². The van der Waals surface area contributed by atoms with Gasteiger partial charge in [0.25, 0.3) is 5.56 Å². The lowest BCUT2D eigenvalue weighted by Gasteiger charge is -2.26. The largest absolute Gasteiger partial charge is 0.353 e. The maximum absolute atomic E-state index is 12.6. The molecule has 3 heterocycles. The van der Waals surface area contributed by atoms with E-state index in [-0.39, 0.29) is 11.5 Å². The van der Waals surface area contributed by atoms with Gasteiger partial charge in [0.1, 0.15) is 10.7 Å². The van der Waals surface area contributed by atoms with E-state index in [9.17, 15) is 9.59 Å². The van der Waals surface area contributed by atoms with E-state index in [2.05, 4.69) is 22.2 Å². The van der Waals surface area contributed by atoms with Crippen molar-refractivity contribution in [2.45, 2.75) is 44.4 Å². The first kappa shape index (κ1) is 19.7. The van der Waals surface area contributed by atoms with Gasteiger partial charge >= 0.3 is 0 Å². The molecule has 0 spiro atoms. The lowest BCUT2D eigenvalue weighted by molar-refractivity contribution is -0.119. The Bertz CT molecular complexity index is 1000. The van der Waals surface area contributed by atoms with Gasteiger partial charge in [-0.3, -0.25) is 9.59 Å². The molecule has 0 bridgehead atoms. The molecule has 8 heteroatoms. The van der Waals surface area contributed by atoms with Crippen LogP contribution in [0.4, 0.5) is 0 Å². The predicted molar refractivity (Wildman–Crippen MR) is 119 cm³/mol. The van der Waals surface area contributed by atoms with Crippen LogP contribution in [0.1, 0.15) is 38.4 Å². The van der Waals surface area contributed by atoms with Crippen LogP contribution in [-0.2, 0) is 10.5 Å². The highest BCUT2D eigenvalue weighted by molar-refractivity contribution is 7.99. The number of thiophene rings is 2. The molecule has 1 aliphatic rings. The third-order valence-corrected chi connectivity index (χ3v) is 7.85. The average Bonchev–Trinajstić information content (AvgIpc) is 3.33. The van der Waals surface area contributed by atoms with Gasteiger partial charge < -0.3 is 10.3 Å². The summed E-state index contributed by atoms with van der Waals surface area (Å²) in [6.07, 6.45) is 4.54. The summed E-state index contributed by atoms with van der Waals surface area (Å²) in [4.78, 5) is 34.1. The van der Waals surface area contributed by atoms with Crippen LogP contribution in [0.3, 0.4) is 0 Å². The highest BCUT2D eigenvalue weighted by Gasteiger charge is 2.19. The van der Waals surface area contributed by atoms with Crippen molar-refractivity contribution in [3.05, 3.63) is 39.1 Å². The first-order valence-corrected chi connectivity index (χ1v) is 12.4. The first-order chi connectivity index (χ1) is 13.6. The molecule has 1 saturated carbocycles. The van der Waals surface area contributed by atoms with Gasteiger partial charge in [0.2, 0.25) is 5.91 Å². The predicted octanol–water partition coefficient (Wildman–Crippen LogP) is 4.64.